The summed E-state index contributed by atoms with van der Waals surface area (Å²) in [6, 6.07) is 0.500. The van der Waals surface area contributed by atoms with Crippen molar-refractivity contribution in [3.05, 3.63) is 0 Å². The fourth-order valence-electron chi connectivity index (χ4n) is 2.74. The van der Waals surface area contributed by atoms with Crippen molar-refractivity contribution in [1.82, 2.24) is 0 Å². The lowest BCUT2D eigenvalue weighted by molar-refractivity contribution is 0.210. The van der Waals surface area contributed by atoms with E-state index >= 15 is 0 Å². The second-order valence-corrected chi connectivity index (χ2v) is 5.70. The van der Waals surface area contributed by atoms with E-state index in [-0.39, 0.29) is 0 Å². The first-order valence-electron chi connectivity index (χ1n) is 5.87. The van der Waals surface area contributed by atoms with Gasteiger partial charge in [-0.05, 0) is 42.9 Å². The van der Waals surface area contributed by atoms with E-state index in [1.807, 2.05) is 0 Å². The smallest absolute Gasteiger partial charge is 0.0121 e. The second-order valence-electron chi connectivity index (χ2n) is 5.70. The fourth-order valence-corrected chi connectivity index (χ4v) is 2.74. The minimum Gasteiger partial charge on any atom is -0.327 e. The van der Waals surface area contributed by atoms with Gasteiger partial charge in [-0.1, -0.05) is 26.7 Å². The molecule has 0 bridgehead atoms. The summed E-state index contributed by atoms with van der Waals surface area (Å²) in [5, 5.41) is 0. The molecule has 2 N–H and O–H groups in total. The monoisotopic (exact) mass is 181 g/mol. The highest BCUT2D eigenvalue weighted by Crippen LogP contribution is 2.51. The molecule has 1 unspecified atom stereocenters. The Morgan fingerprint density at radius 2 is 1.69 bits per heavy atom. The highest BCUT2D eigenvalue weighted by Gasteiger charge is 2.46. The molecule has 0 saturated heterocycles. The fraction of sp³-hybridized carbons (Fsp3) is 1.00. The zero-order valence-electron chi connectivity index (χ0n) is 9.05. The third kappa shape index (κ3) is 1.90. The van der Waals surface area contributed by atoms with Crippen molar-refractivity contribution in [2.75, 3.05) is 0 Å². The van der Waals surface area contributed by atoms with E-state index in [0.717, 1.165) is 11.8 Å². The first kappa shape index (κ1) is 9.51. The molecule has 0 heterocycles. The maximum Gasteiger partial charge on any atom is 0.0121 e. The molecular formula is C12H23N. The van der Waals surface area contributed by atoms with E-state index in [1.54, 1.807) is 0 Å². The highest BCUT2D eigenvalue weighted by molar-refractivity contribution is 5.00. The van der Waals surface area contributed by atoms with E-state index in [1.165, 1.54) is 38.5 Å². The molecule has 1 nitrogen and oxygen atoms in total. The van der Waals surface area contributed by atoms with Crippen LogP contribution < -0.4 is 5.73 Å². The zero-order chi connectivity index (χ0) is 9.47. The van der Waals surface area contributed by atoms with Crippen molar-refractivity contribution in [2.24, 2.45) is 23.0 Å². The predicted octanol–water partition coefficient (Wildman–Crippen LogP) is 2.94. The van der Waals surface area contributed by atoms with Crippen molar-refractivity contribution in [3.8, 4) is 0 Å². The number of rotatable bonds is 2. The van der Waals surface area contributed by atoms with Crippen LogP contribution in [0.25, 0.3) is 0 Å². The van der Waals surface area contributed by atoms with Gasteiger partial charge in [0.15, 0.2) is 0 Å². The number of nitrogens with two attached hydrogens (primary N) is 1. The van der Waals surface area contributed by atoms with Gasteiger partial charge in [-0.3, -0.25) is 0 Å². The quantitative estimate of drug-likeness (QED) is 0.696. The molecule has 76 valence electrons. The van der Waals surface area contributed by atoms with Gasteiger partial charge in [0.25, 0.3) is 0 Å². The summed E-state index contributed by atoms with van der Waals surface area (Å²) in [6.07, 6.45) is 8.35. The summed E-state index contributed by atoms with van der Waals surface area (Å²) in [4.78, 5) is 0. The maximum absolute atomic E-state index is 6.33. The van der Waals surface area contributed by atoms with Gasteiger partial charge in [0.05, 0.1) is 0 Å². The third-order valence-corrected chi connectivity index (χ3v) is 4.41. The van der Waals surface area contributed by atoms with E-state index in [9.17, 15) is 0 Å². The molecule has 0 aromatic rings. The van der Waals surface area contributed by atoms with Gasteiger partial charge in [-0.15, -0.1) is 0 Å². The van der Waals surface area contributed by atoms with Gasteiger partial charge in [0.1, 0.15) is 0 Å². The molecule has 13 heavy (non-hydrogen) atoms. The molecule has 2 aliphatic rings. The first-order valence-corrected chi connectivity index (χ1v) is 5.87. The van der Waals surface area contributed by atoms with Crippen molar-refractivity contribution in [1.29, 1.82) is 0 Å². The molecule has 2 rings (SSSR count). The van der Waals surface area contributed by atoms with Gasteiger partial charge in [0.2, 0.25) is 0 Å². The Hall–Kier alpha value is -0.0400. The lowest BCUT2D eigenvalue weighted by Gasteiger charge is -2.33. The number of hydrogen-bond donors (Lipinski definition) is 1. The van der Waals surface area contributed by atoms with Crippen LogP contribution in [0.3, 0.4) is 0 Å². The zero-order valence-corrected chi connectivity index (χ0v) is 9.05. The van der Waals surface area contributed by atoms with Gasteiger partial charge >= 0.3 is 0 Å². The van der Waals surface area contributed by atoms with Crippen LogP contribution in [-0.4, -0.2) is 6.04 Å². The van der Waals surface area contributed by atoms with Crippen LogP contribution >= 0.6 is 0 Å². The van der Waals surface area contributed by atoms with Crippen LogP contribution in [0.1, 0.15) is 52.4 Å². The molecule has 0 aromatic heterocycles. The highest BCUT2D eigenvalue weighted by atomic mass is 14.7. The lowest BCUT2D eigenvalue weighted by Crippen LogP contribution is -2.39. The summed E-state index contributed by atoms with van der Waals surface area (Å²) in [7, 11) is 0. The first-order chi connectivity index (χ1) is 6.12. The molecule has 2 aliphatic carbocycles. The summed E-state index contributed by atoms with van der Waals surface area (Å²) in [5.41, 5.74) is 6.87. The molecule has 0 radical (unpaired) electrons. The molecule has 0 aromatic carbocycles. The van der Waals surface area contributed by atoms with Crippen molar-refractivity contribution in [3.63, 3.8) is 0 Å². The Morgan fingerprint density at radius 1 is 1.15 bits per heavy atom. The summed E-state index contributed by atoms with van der Waals surface area (Å²) >= 11 is 0. The van der Waals surface area contributed by atoms with E-state index in [2.05, 4.69) is 13.8 Å². The van der Waals surface area contributed by atoms with E-state index < -0.39 is 0 Å². The second kappa shape index (κ2) is 3.27. The van der Waals surface area contributed by atoms with Crippen LogP contribution in [0.15, 0.2) is 0 Å². The Morgan fingerprint density at radius 3 is 2.15 bits per heavy atom. The minimum absolute atomic E-state index is 0.500. The average Bonchev–Trinajstić information content (AvgIpc) is 2.85. The summed E-state index contributed by atoms with van der Waals surface area (Å²) in [6.45, 7) is 4.75. The van der Waals surface area contributed by atoms with Gasteiger partial charge in [0, 0.05) is 6.04 Å². The predicted molar refractivity (Wildman–Crippen MR) is 56.4 cm³/mol. The van der Waals surface area contributed by atoms with Crippen LogP contribution in [0.2, 0.25) is 0 Å². The molecule has 2 fully saturated rings. The molecule has 0 amide bonds. The minimum atomic E-state index is 0.500. The average molecular weight is 181 g/mol. The van der Waals surface area contributed by atoms with Crippen LogP contribution in [-0.2, 0) is 0 Å². The summed E-state index contributed by atoms with van der Waals surface area (Å²) < 4.78 is 0. The Balaban J connectivity index is 1.87. The Labute approximate surface area is 82.1 Å². The molecule has 0 spiro atoms. The van der Waals surface area contributed by atoms with Crippen molar-refractivity contribution < 1.29 is 0 Å². The number of hydrogen-bond acceptors (Lipinski definition) is 1. The Bertz CT molecular complexity index is 176. The van der Waals surface area contributed by atoms with Crippen LogP contribution in [0.5, 0.6) is 0 Å². The van der Waals surface area contributed by atoms with Crippen molar-refractivity contribution >= 4 is 0 Å². The molecule has 0 aliphatic heterocycles. The van der Waals surface area contributed by atoms with Gasteiger partial charge < -0.3 is 5.73 Å². The Kier molecular flexibility index (Phi) is 2.39. The van der Waals surface area contributed by atoms with Crippen molar-refractivity contribution in [2.45, 2.75) is 58.4 Å². The van der Waals surface area contributed by atoms with E-state index in [4.69, 9.17) is 5.73 Å². The van der Waals surface area contributed by atoms with Gasteiger partial charge in [-0.25, -0.2) is 0 Å². The molecule has 2 saturated carbocycles. The molecule has 1 heteroatoms. The molecule has 1 atom stereocenters. The van der Waals surface area contributed by atoms with Crippen LogP contribution in [0, 0.1) is 17.3 Å². The largest absolute Gasteiger partial charge is 0.327 e. The SMILES string of the molecule is CC1CCC(C(N)C2(C)CC2)CC1. The normalized spacial score (nSPS) is 39.9. The topological polar surface area (TPSA) is 26.0 Å². The standard InChI is InChI=1S/C12H23N/c1-9-3-5-10(6-4-9)11(13)12(2)7-8-12/h9-11H,3-8,13H2,1-2H3. The molecular weight excluding hydrogens is 158 g/mol. The summed E-state index contributed by atoms with van der Waals surface area (Å²) in [5.74, 6) is 1.79. The van der Waals surface area contributed by atoms with Crippen LogP contribution in [0.4, 0.5) is 0 Å². The maximum atomic E-state index is 6.33. The third-order valence-electron chi connectivity index (χ3n) is 4.41. The van der Waals surface area contributed by atoms with E-state index in [0.29, 0.717) is 11.5 Å². The lowest BCUT2D eigenvalue weighted by atomic mass is 9.75. The van der Waals surface area contributed by atoms with Gasteiger partial charge in [-0.2, -0.15) is 0 Å².